The maximum Gasteiger partial charge on any atom is 0.335 e. The molecule has 0 aromatic heterocycles. The summed E-state index contributed by atoms with van der Waals surface area (Å²) < 4.78 is 11.8. The highest BCUT2D eigenvalue weighted by Crippen LogP contribution is 2.38. The highest BCUT2D eigenvalue weighted by molar-refractivity contribution is 6.32. The number of hydrogen-bond acceptors (Lipinski definition) is 3. The summed E-state index contributed by atoms with van der Waals surface area (Å²) in [6.45, 7) is 2.63. The van der Waals surface area contributed by atoms with Crippen molar-refractivity contribution in [1.29, 1.82) is 0 Å². The third-order valence-corrected chi connectivity index (χ3v) is 4.13. The van der Waals surface area contributed by atoms with Gasteiger partial charge in [0.2, 0.25) is 0 Å². The van der Waals surface area contributed by atoms with Crippen LogP contribution in [-0.2, 0) is 0 Å². The summed E-state index contributed by atoms with van der Waals surface area (Å²) in [5.74, 6) is -0.103. The first-order valence-corrected chi connectivity index (χ1v) is 8.36. The van der Waals surface area contributed by atoms with Gasteiger partial charge in [-0.1, -0.05) is 31.4 Å². The lowest BCUT2D eigenvalue weighted by molar-refractivity contribution is 0.0695. The molecule has 1 fully saturated rings. The maximum absolute atomic E-state index is 11.2. The summed E-state index contributed by atoms with van der Waals surface area (Å²) in [6, 6.07) is 2.93. The van der Waals surface area contributed by atoms with Crippen molar-refractivity contribution in [2.45, 2.75) is 58.0 Å². The molecule has 1 aliphatic carbocycles. The average molecular weight is 327 g/mol. The Labute approximate surface area is 136 Å². The van der Waals surface area contributed by atoms with Crippen LogP contribution in [0.4, 0.5) is 0 Å². The van der Waals surface area contributed by atoms with Crippen molar-refractivity contribution in [3.8, 4) is 11.5 Å². The highest BCUT2D eigenvalue weighted by Gasteiger charge is 2.21. The molecular formula is C17H23ClO4. The summed E-state index contributed by atoms with van der Waals surface area (Å²) in [6.07, 6.45) is 7.54. The van der Waals surface area contributed by atoms with Gasteiger partial charge in [-0.2, -0.15) is 0 Å². The highest BCUT2D eigenvalue weighted by atomic mass is 35.5. The fourth-order valence-electron chi connectivity index (χ4n) is 2.60. The monoisotopic (exact) mass is 326 g/mol. The van der Waals surface area contributed by atoms with Crippen LogP contribution < -0.4 is 9.47 Å². The third-order valence-electron chi connectivity index (χ3n) is 3.85. The minimum atomic E-state index is -1.02. The van der Waals surface area contributed by atoms with Crippen molar-refractivity contribution < 1.29 is 19.4 Å². The average Bonchev–Trinajstić information content (AvgIpc) is 2.50. The number of carboxylic acid groups (broad SMARTS) is 1. The van der Waals surface area contributed by atoms with Gasteiger partial charge in [0.15, 0.2) is 11.5 Å². The Hall–Kier alpha value is -1.42. The Morgan fingerprint density at radius 2 is 2.05 bits per heavy atom. The molecule has 0 atom stereocenters. The number of rotatable bonds is 7. The summed E-state index contributed by atoms with van der Waals surface area (Å²) in [4.78, 5) is 11.2. The van der Waals surface area contributed by atoms with E-state index in [0.717, 1.165) is 38.5 Å². The molecule has 1 N–H and O–H groups in total. The molecule has 122 valence electrons. The molecule has 0 unspecified atom stereocenters. The van der Waals surface area contributed by atoms with Crippen LogP contribution in [0.3, 0.4) is 0 Å². The van der Waals surface area contributed by atoms with Gasteiger partial charge in [-0.3, -0.25) is 0 Å². The van der Waals surface area contributed by atoms with Crippen LogP contribution >= 0.6 is 11.6 Å². The van der Waals surface area contributed by atoms with Crippen molar-refractivity contribution in [2.24, 2.45) is 0 Å². The number of carbonyl (C=O) groups is 1. The zero-order valence-electron chi connectivity index (χ0n) is 12.9. The molecule has 4 nitrogen and oxygen atoms in total. The normalized spacial score (nSPS) is 15.5. The smallest absolute Gasteiger partial charge is 0.335 e. The Kier molecular flexibility index (Phi) is 6.37. The lowest BCUT2D eigenvalue weighted by Crippen LogP contribution is -2.20. The van der Waals surface area contributed by atoms with E-state index in [9.17, 15) is 9.90 Å². The molecule has 1 saturated carbocycles. The van der Waals surface area contributed by atoms with E-state index in [1.54, 1.807) is 0 Å². The van der Waals surface area contributed by atoms with Crippen LogP contribution in [0.5, 0.6) is 11.5 Å². The summed E-state index contributed by atoms with van der Waals surface area (Å²) in [5.41, 5.74) is 0.124. The fourth-order valence-corrected chi connectivity index (χ4v) is 2.87. The van der Waals surface area contributed by atoms with E-state index in [2.05, 4.69) is 6.92 Å². The zero-order valence-corrected chi connectivity index (χ0v) is 13.7. The number of benzene rings is 1. The number of unbranched alkanes of at least 4 members (excludes halogenated alkanes) is 1. The Morgan fingerprint density at radius 1 is 1.32 bits per heavy atom. The van der Waals surface area contributed by atoms with E-state index >= 15 is 0 Å². The molecule has 0 bridgehead atoms. The van der Waals surface area contributed by atoms with E-state index in [4.69, 9.17) is 21.1 Å². The molecule has 1 aromatic rings. The fraction of sp³-hybridized carbons (Fsp3) is 0.588. The first kappa shape index (κ1) is 16.9. The molecule has 5 heteroatoms. The van der Waals surface area contributed by atoms with E-state index in [1.807, 2.05) is 0 Å². The number of halogens is 1. The van der Waals surface area contributed by atoms with Crippen LogP contribution in [0.2, 0.25) is 5.02 Å². The van der Waals surface area contributed by atoms with Gasteiger partial charge in [-0.05, 0) is 44.2 Å². The summed E-state index contributed by atoms with van der Waals surface area (Å²) >= 11 is 6.21. The van der Waals surface area contributed by atoms with Crippen LogP contribution in [0, 0.1) is 0 Å². The first-order valence-electron chi connectivity index (χ1n) is 7.98. The Balaban J connectivity index is 2.22. The van der Waals surface area contributed by atoms with Gasteiger partial charge < -0.3 is 14.6 Å². The molecule has 1 aliphatic rings. The third kappa shape index (κ3) is 4.54. The number of hydrogen-bond donors (Lipinski definition) is 1. The van der Waals surface area contributed by atoms with Gasteiger partial charge in [0.1, 0.15) is 0 Å². The van der Waals surface area contributed by atoms with Crippen molar-refractivity contribution >= 4 is 17.6 Å². The second-order valence-electron chi connectivity index (χ2n) is 5.67. The number of ether oxygens (including phenoxy) is 2. The predicted molar refractivity (Wildman–Crippen MR) is 86.3 cm³/mol. The SMILES string of the molecule is CCCCOc1c(Cl)cc(C(=O)O)cc1OC1CCCCC1. The van der Waals surface area contributed by atoms with E-state index in [0.29, 0.717) is 23.1 Å². The first-order chi connectivity index (χ1) is 10.6. The van der Waals surface area contributed by atoms with Crippen LogP contribution in [0.1, 0.15) is 62.2 Å². The molecule has 0 saturated heterocycles. The van der Waals surface area contributed by atoms with Gasteiger partial charge >= 0.3 is 5.97 Å². The van der Waals surface area contributed by atoms with Crippen molar-refractivity contribution in [3.05, 3.63) is 22.7 Å². The zero-order chi connectivity index (χ0) is 15.9. The lowest BCUT2D eigenvalue weighted by atomic mass is 9.98. The number of aromatic carboxylic acids is 1. The maximum atomic E-state index is 11.2. The molecule has 2 rings (SSSR count). The van der Waals surface area contributed by atoms with Crippen molar-refractivity contribution in [2.75, 3.05) is 6.61 Å². The minimum absolute atomic E-state index is 0.113. The minimum Gasteiger partial charge on any atom is -0.488 e. The Morgan fingerprint density at radius 3 is 2.68 bits per heavy atom. The van der Waals surface area contributed by atoms with Crippen LogP contribution in [-0.4, -0.2) is 23.8 Å². The molecule has 22 heavy (non-hydrogen) atoms. The molecule has 0 amide bonds. The largest absolute Gasteiger partial charge is 0.488 e. The van der Waals surface area contributed by atoms with Crippen molar-refractivity contribution in [1.82, 2.24) is 0 Å². The molecule has 0 aliphatic heterocycles. The topological polar surface area (TPSA) is 55.8 Å². The van der Waals surface area contributed by atoms with E-state index < -0.39 is 5.97 Å². The summed E-state index contributed by atoms with van der Waals surface area (Å²) in [7, 11) is 0. The van der Waals surface area contributed by atoms with Gasteiger partial charge in [-0.15, -0.1) is 0 Å². The van der Waals surface area contributed by atoms with Crippen LogP contribution in [0.25, 0.3) is 0 Å². The second kappa shape index (κ2) is 8.28. The number of carboxylic acids is 1. The van der Waals surface area contributed by atoms with Gasteiger partial charge in [0, 0.05) is 0 Å². The predicted octanol–water partition coefficient (Wildman–Crippen LogP) is 4.93. The van der Waals surface area contributed by atoms with Gasteiger partial charge in [0.25, 0.3) is 0 Å². The molecular weight excluding hydrogens is 304 g/mol. The quantitative estimate of drug-likeness (QED) is 0.722. The molecule has 0 heterocycles. The van der Waals surface area contributed by atoms with Crippen LogP contribution in [0.15, 0.2) is 12.1 Å². The molecule has 0 spiro atoms. The molecule has 0 radical (unpaired) electrons. The lowest BCUT2D eigenvalue weighted by Gasteiger charge is -2.24. The second-order valence-corrected chi connectivity index (χ2v) is 6.08. The van der Waals surface area contributed by atoms with Gasteiger partial charge in [-0.25, -0.2) is 4.79 Å². The Bertz CT molecular complexity index is 510. The standard InChI is InChI=1S/C17H23ClO4/c1-2-3-9-21-16-14(18)10-12(17(19)20)11-15(16)22-13-7-5-4-6-8-13/h10-11,13H,2-9H2,1H3,(H,19,20). The van der Waals surface area contributed by atoms with Gasteiger partial charge in [0.05, 0.1) is 23.3 Å². The van der Waals surface area contributed by atoms with Crippen molar-refractivity contribution in [3.63, 3.8) is 0 Å². The van der Waals surface area contributed by atoms with E-state index in [1.165, 1.54) is 18.6 Å². The van der Waals surface area contributed by atoms with E-state index in [-0.39, 0.29) is 11.7 Å². The summed E-state index contributed by atoms with van der Waals surface area (Å²) in [5, 5.41) is 9.48. The molecule has 1 aromatic carbocycles.